The van der Waals surface area contributed by atoms with E-state index in [2.05, 4.69) is 48.2 Å². The molecule has 0 spiro atoms. The Morgan fingerprint density at radius 1 is 1.35 bits per heavy atom. The second-order valence-corrected chi connectivity index (χ2v) is 5.55. The monoisotopic (exact) mass is 357 g/mol. The molecule has 0 fully saturated rings. The van der Waals surface area contributed by atoms with E-state index >= 15 is 0 Å². The highest BCUT2D eigenvalue weighted by Gasteiger charge is 2.18. The van der Waals surface area contributed by atoms with Gasteiger partial charge in [-0.25, -0.2) is 4.98 Å². The fourth-order valence-electron chi connectivity index (χ4n) is 1.81. The first-order valence-electron chi connectivity index (χ1n) is 5.23. The third kappa shape index (κ3) is 2.61. The van der Waals surface area contributed by atoms with Gasteiger partial charge in [0.25, 0.3) is 0 Å². The lowest BCUT2D eigenvalue weighted by atomic mass is 10.1. The molecule has 0 aliphatic rings. The highest BCUT2D eigenvalue weighted by Crippen LogP contribution is 2.29. The molecule has 0 aliphatic carbocycles. The maximum atomic E-state index is 4.39. The Morgan fingerprint density at radius 2 is 2.12 bits per heavy atom. The molecule has 1 unspecified atom stereocenters. The van der Waals surface area contributed by atoms with Crippen molar-refractivity contribution >= 4 is 31.9 Å². The van der Waals surface area contributed by atoms with Gasteiger partial charge in [0.15, 0.2) is 0 Å². The minimum Gasteiger partial charge on any atom is -0.336 e. The number of rotatable bonds is 3. The number of nitrogens with zero attached hydrogens (tertiary/aromatic N) is 2. The maximum absolute atomic E-state index is 4.39. The third-order valence-electron chi connectivity index (χ3n) is 2.68. The molecule has 90 valence electrons. The molecule has 0 saturated carbocycles. The topological polar surface area (TPSA) is 29.9 Å². The minimum atomic E-state index is 0.0810. The average Bonchev–Trinajstić information content (AvgIpc) is 2.69. The van der Waals surface area contributed by atoms with E-state index in [1.165, 1.54) is 5.56 Å². The van der Waals surface area contributed by atoms with E-state index in [-0.39, 0.29) is 6.04 Å². The van der Waals surface area contributed by atoms with Gasteiger partial charge in [0, 0.05) is 28.4 Å². The summed E-state index contributed by atoms with van der Waals surface area (Å²) in [4.78, 5) is 4.39. The van der Waals surface area contributed by atoms with Gasteiger partial charge in [-0.1, -0.05) is 37.9 Å². The molecule has 0 saturated heterocycles. The van der Waals surface area contributed by atoms with Gasteiger partial charge in [-0.2, -0.15) is 0 Å². The van der Waals surface area contributed by atoms with Crippen LogP contribution in [0.3, 0.4) is 0 Å². The number of imidazole rings is 1. The van der Waals surface area contributed by atoms with Crippen LogP contribution in [0.2, 0.25) is 0 Å². The van der Waals surface area contributed by atoms with Gasteiger partial charge in [0.1, 0.15) is 5.82 Å². The highest BCUT2D eigenvalue weighted by atomic mass is 79.9. The zero-order valence-electron chi connectivity index (χ0n) is 9.61. The summed E-state index contributed by atoms with van der Waals surface area (Å²) in [6.07, 6.45) is 3.76. The van der Waals surface area contributed by atoms with Crippen LogP contribution in [0.1, 0.15) is 17.4 Å². The Balaban J connectivity index is 2.46. The van der Waals surface area contributed by atoms with Gasteiger partial charge >= 0.3 is 0 Å². The SMILES string of the molecule is CNC(c1ccc(Br)cc1Br)c1nccn1C. The zero-order chi connectivity index (χ0) is 12.4. The average molecular weight is 359 g/mol. The zero-order valence-corrected chi connectivity index (χ0v) is 12.8. The van der Waals surface area contributed by atoms with E-state index in [0.717, 1.165) is 14.8 Å². The Labute approximate surface area is 118 Å². The van der Waals surface area contributed by atoms with Crippen molar-refractivity contribution in [3.05, 3.63) is 50.9 Å². The summed E-state index contributed by atoms with van der Waals surface area (Å²) in [5.41, 5.74) is 1.17. The summed E-state index contributed by atoms with van der Waals surface area (Å²) < 4.78 is 4.15. The molecule has 0 aliphatic heterocycles. The maximum Gasteiger partial charge on any atom is 0.130 e. The Morgan fingerprint density at radius 3 is 2.65 bits per heavy atom. The van der Waals surface area contributed by atoms with Crippen molar-refractivity contribution in [3.8, 4) is 0 Å². The molecule has 17 heavy (non-hydrogen) atoms. The van der Waals surface area contributed by atoms with Crippen molar-refractivity contribution in [2.75, 3.05) is 7.05 Å². The highest BCUT2D eigenvalue weighted by molar-refractivity contribution is 9.11. The lowest BCUT2D eigenvalue weighted by Gasteiger charge is -2.18. The molecule has 5 heteroatoms. The molecule has 0 amide bonds. The van der Waals surface area contributed by atoms with Gasteiger partial charge in [-0.15, -0.1) is 0 Å². The van der Waals surface area contributed by atoms with Crippen LogP contribution in [0, 0.1) is 0 Å². The van der Waals surface area contributed by atoms with Crippen LogP contribution in [0.25, 0.3) is 0 Å². The van der Waals surface area contributed by atoms with Crippen molar-refractivity contribution in [1.29, 1.82) is 0 Å². The van der Waals surface area contributed by atoms with Crippen molar-refractivity contribution in [2.45, 2.75) is 6.04 Å². The number of benzene rings is 1. The van der Waals surface area contributed by atoms with Gasteiger partial charge in [-0.3, -0.25) is 0 Å². The number of nitrogens with one attached hydrogen (secondary N) is 1. The van der Waals surface area contributed by atoms with Crippen molar-refractivity contribution in [2.24, 2.45) is 7.05 Å². The van der Waals surface area contributed by atoms with E-state index in [0.29, 0.717) is 0 Å². The summed E-state index contributed by atoms with van der Waals surface area (Å²) in [7, 11) is 3.94. The van der Waals surface area contributed by atoms with Gasteiger partial charge < -0.3 is 9.88 Å². The lowest BCUT2D eigenvalue weighted by molar-refractivity contribution is 0.615. The molecule has 1 N–H and O–H groups in total. The second-order valence-electron chi connectivity index (χ2n) is 3.78. The van der Waals surface area contributed by atoms with E-state index < -0.39 is 0 Å². The summed E-state index contributed by atoms with van der Waals surface area (Å²) in [6, 6.07) is 6.25. The lowest BCUT2D eigenvalue weighted by Crippen LogP contribution is -2.21. The number of hydrogen-bond acceptors (Lipinski definition) is 2. The second kappa shape index (κ2) is 5.33. The van der Waals surface area contributed by atoms with Crippen molar-refractivity contribution < 1.29 is 0 Å². The van der Waals surface area contributed by atoms with Gasteiger partial charge in [-0.05, 0) is 24.7 Å². The summed E-state index contributed by atoms with van der Waals surface area (Å²) >= 11 is 7.05. The quantitative estimate of drug-likeness (QED) is 0.912. The number of halogens is 2. The van der Waals surface area contributed by atoms with E-state index in [1.807, 2.05) is 43.2 Å². The van der Waals surface area contributed by atoms with Gasteiger partial charge in [0.2, 0.25) is 0 Å². The normalized spacial score (nSPS) is 12.7. The standard InChI is InChI=1S/C12H13Br2N3/c1-15-11(12-16-5-6-17(12)2)9-4-3-8(13)7-10(9)14/h3-7,11,15H,1-2H3. The molecule has 3 nitrogen and oxygen atoms in total. The minimum absolute atomic E-state index is 0.0810. The fourth-order valence-corrected chi connectivity index (χ4v) is 3.09. The fraction of sp³-hybridized carbons (Fsp3) is 0.250. The predicted molar refractivity (Wildman–Crippen MR) is 76.0 cm³/mol. The first kappa shape index (κ1) is 12.8. The molecule has 0 bridgehead atoms. The molecular formula is C12H13Br2N3. The number of aromatic nitrogens is 2. The molecule has 1 aromatic carbocycles. The largest absolute Gasteiger partial charge is 0.336 e. The van der Waals surface area contributed by atoms with Crippen LogP contribution in [0.15, 0.2) is 39.5 Å². The van der Waals surface area contributed by atoms with Gasteiger partial charge in [0.05, 0.1) is 6.04 Å². The smallest absolute Gasteiger partial charge is 0.130 e. The molecule has 2 rings (SSSR count). The summed E-state index contributed by atoms with van der Waals surface area (Å²) in [5, 5.41) is 3.29. The van der Waals surface area contributed by atoms with Crippen LogP contribution < -0.4 is 5.32 Å². The van der Waals surface area contributed by atoms with Crippen molar-refractivity contribution in [1.82, 2.24) is 14.9 Å². The first-order valence-corrected chi connectivity index (χ1v) is 6.81. The molecular weight excluding hydrogens is 346 g/mol. The first-order chi connectivity index (χ1) is 8.13. The summed E-state index contributed by atoms with van der Waals surface area (Å²) in [6.45, 7) is 0. The molecule has 0 radical (unpaired) electrons. The number of hydrogen-bond donors (Lipinski definition) is 1. The van der Waals surface area contributed by atoms with Crippen LogP contribution in [-0.4, -0.2) is 16.6 Å². The molecule has 2 aromatic rings. The van der Waals surface area contributed by atoms with Crippen LogP contribution >= 0.6 is 31.9 Å². The molecule has 1 atom stereocenters. The van der Waals surface area contributed by atoms with E-state index in [1.54, 1.807) is 0 Å². The number of aryl methyl sites for hydroxylation is 1. The summed E-state index contributed by atoms with van der Waals surface area (Å²) in [5.74, 6) is 0.996. The van der Waals surface area contributed by atoms with Crippen LogP contribution in [0.5, 0.6) is 0 Å². The van der Waals surface area contributed by atoms with E-state index in [4.69, 9.17) is 0 Å². The Kier molecular flexibility index (Phi) is 4.01. The van der Waals surface area contributed by atoms with Crippen LogP contribution in [0.4, 0.5) is 0 Å². The van der Waals surface area contributed by atoms with Crippen molar-refractivity contribution in [3.63, 3.8) is 0 Å². The molecule has 1 heterocycles. The van der Waals surface area contributed by atoms with E-state index in [9.17, 15) is 0 Å². The molecule has 1 aromatic heterocycles. The Hall–Kier alpha value is -0.650. The Bertz CT molecular complexity index is 522. The predicted octanol–water partition coefficient (Wildman–Crippen LogP) is 3.25. The third-order valence-corrected chi connectivity index (χ3v) is 3.86. The van der Waals surface area contributed by atoms with Crippen LogP contribution in [-0.2, 0) is 7.05 Å².